The van der Waals surface area contributed by atoms with E-state index in [1.54, 1.807) is 6.07 Å². The number of carbonyl (C=O) groups excluding carboxylic acids is 2. The second kappa shape index (κ2) is 7.56. The Hall–Kier alpha value is -1.84. The van der Waals surface area contributed by atoms with E-state index in [0.717, 1.165) is 0 Å². The molecule has 0 aliphatic carbocycles. The van der Waals surface area contributed by atoms with E-state index in [1.165, 1.54) is 12.1 Å². The van der Waals surface area contributed by atoms with Crippen LogP contribution in [0.4, 0.5) is 0 Å². The molecule has 0 atom stereocenters. The van der Waals surface area contributed by atoms with Gasteiger partial charge in [-0.2, -0.15) is 0 Å². The molecule has 0 spiro atoms. The molecule has 4 heteroatoms. The molecule has 0 aliphatic rings. The van der Waals surface area contributed by atoms with Crippen LogP contribution in [0.25, 0.3) is 0 Å². The van der Waals surface area contributed by atoms with Crippen molar-refractivity contribution in [2.75, 3.05) is 0 Å². The van der Waals surface area contributed by atoms with Crippen LogP contribution in [-0.2, 0) is 9.59 Å². The van der Waals surface area contributed by atoms with Gasteiger partial charge in [0.15, 0.2) is 11.5 Å². The van der Waals surface area contributed by atoms with Gasteiger partial charge < -0.3 is 9.47 Å². The fourth-order valence-electron chi connectivity index (χ4n) is 1.44. The summed E-state index contributed by atoms with van der Waals surface area (Å²) in [6.07, 6.45) is 1.99. The van der Waals surface area contributed by atoms with Crippen LogP contribution in [0.3, 0.4) is 0 Å². The molecule has 0 amide bonds. The van der Waals surface area contributed by atoms with Gasteiger partial charge in [0.05, 0.1) is 0 Å². The lowest BCUT2D eigenvalue weighted by molar-refractivity contribution is -0.137. The molecule has 4 nitrogen and oxygen atoms in total. The fraction of sp³-hybridized carbons (Fsp3) is 0.400. The normalized spacial score (nSPS) is 10.1. The molecular weight excluding hydrogens is 244 g/mol. The van der Waals surface area contributed by atoms with Gasteiger partial charge in [0, 0.05) is 12.8 Å². The molecule has 0 N–H and O–H groups in total. The van der Waals surface area contributed by atoms with Crippen molar-refractivity contribution < 1.29 is 19.1 Å². The monoisotopic (exact) mass is 262 g/mol. The fourth-order valence-corrected chi connectivity index (χ4v) is 1.44. The molecule has 0 bridgehead atoms. The molecule has 0 fully saturated rings. The van der Waals surface area contributed by atoms with Gasteiger partial charge in [0.25, 0.3) is 0 Å². The molecule has 2 radical (unpaired) electrons. The number of carbonyl (C=O) groups is 2. The van der Waals surface area contributed by atoms with Crippen LogP contribution in [0.15, 0.2) is 18.2 Å². The summed E-state index contributed by atoms with van der Waals surface area (Å²) in [6, 6.07) is 4.59. The minimum atomic E-state index is -0.374. The molecule has 19 heavy (non-hydrogen) atoms. The van der Waals surface area contributed by atoms with Crippen LogP contribution in [0, 0.1) is 6.92 Å². The van der Waals surface area contributed by atoms with Crippen LogP contribution >= 0.6 is 0 Å². The standard InChI is InChI=1S/C15H18O4/c1-4-6-14(16)18-12-9-8-11(3)10-13(12)19-15(17)7-5-2/h3,8-10H,4-7H2,1-2H3. The quantitative estimate of drug-likeness (QED) is 0.583. The lowest BCUT2D eigenvalue weighted by Gasteiger charge is -2.10. The summed E-state index contributed by atoms with van der Waals surface area (Å²) in [5.74, 6) is -0.332. The molecule has 0 saturated heterocycles. The highest BCUT2D eigenvalue weighted by Gasteiger charge is 2.13. The minimum absolute atomic E-state index is 0.183. The molecule has 0 unspecified atom stereocenters. The molecule has 0 aromatic heterocycles. The van der Waals surface area contributed by atoms with Gasteiger partial charge in [0.1, 0.15) is 0 Å². The topological polar surface area (TPSA) is 52.6 Å². The van der Waals surface area contributed by atoms with Crippen LogP contribution in [0.5, 0.6) is 11.5 Å². The van der Waals surface area contributed by atoms with Crippen LogP contribution in [0.2, 0.25) is 0 Å². The molecule has 1 aromatic rings. The molecule has 0 aliphatic heterocycles. The Kier molecular flexibility index (Phi) is 6.06. The Balaban J connectivity index is 2.85. The van der Waals surface area contributed by atoms with Crippen molar-refractivity contribution in [1.29, 1.82) is 0 Å². The number of hydrogen-bond donors (Lipinski definition) is 0. The first-order valence-corrected chi connectivity index (χ1v) is 6.37. The summed E-state index contributed by atoms with van der Waals surface area (Å²) in [7, 11) is 0. The average Bonchev–Trinajstić information content (AvgIpc) is 2.33. The van der Waals surface area contributed by atoms with E-state index in [-0.39, 0.29) is 23.4 Å². The zero-order valence-corrected chi connectivity index (χ0v) is 11.3. The summed E-state index contributed by atoms with van der Waals surface area (Å²) >= 11 is 0. The highest BCUT2D eigenvalue weighted by Crippen LogP contribution is 2.29. The SMILES string of the molecule is [CH]c1ccc(OC(=O)CCC)c(OC(=O)CCC)c1. The maximum atomic E-state index is 11.5. The van der Waals surface area contributed by atoms with Crippen LogP contribution < -0.4 is 9.47 Å². The average molecular weight is 262 g/mol. The lowest BCUT2D eigenvalue weighted by atomic mass is 10.2. The van der Waals surface area contributed by atoms with Crippen molar-refractivity contribution in [3.8, 4) is 11.5 Å². The predicted octanol–water partition coefficient (Wildman–Crippen LogP) is 3.16. The molecule has 1 rings (SSSR count). The number of ether oxygens (including phenoxy) is 2. The van der Waals surface area contributed by atoms with E-state index in [4.69, 9.17) is 16.4 Å². The lowest BCUT2D eigenvalue weighted by Crippen LogP contribution is -2.11. The van der Waals surface area contributed by atoms with E-state index in [9.17, 15) is 9.59 Å². The van der Waals surface area contributed by atoms with Gasteiger partial charge in [-0.15, -0.1) is 0 Å². The largest absolute Gasteiger partial charge is 0.423 e. The first kappa shape index (κ1) is 15.2. The smallest absolute Gasteiger partial charge is 0.311 e. The second-order valence-corrected chi connectivity index (χ2v) is 4.15. The number of rotatable bonds is 6. The molecule has 0 heterocycles. The molecule has 0 saturated carbocycles. The number of hydrogen-bond acceptors (Lipinski definition) is 4. The summed E-state index contributed by atoms with van der Waals surface area (Å²) < 4.78 is 10.3. The zero-order valence-electron chi connectivity index (χ0n) is 11.3. The van der Waals surface area contributed by atoms with Crippen LogP contribution in [-0.4, -0.2) is 11.9 Å². The highest BCUT2D eigenvalue weighted by atomic mass is 16.6. The van der Waals surface area contributed by atoms with Gasteiger partial charge in [-0.05, 0) is 37.5 Å². The number of benzene rings is 1. The van der Waals surface area contributed by atoms with Crippen molar-refractivity contribution in [1.82, 2.24) is 0 Å². The third-order valence-corrected chi connectivity index (χ3v) is 2.32. The van der Waals surface area contributed by atoms with Gasteiger partial charge >= 0.3 is 11.9 Å². The molecule has 102 valence electrons. The van der Waals surface area contributed by atoms with Crippen molar-refractivity contribution in [2.24, 2.45) is 0 Å². The van der Waals surface area contributed by atoms with E-state index in [1.807, 2.05) is 13.8 Å². The maximum Gasteiger partial charge on any atom is 0.311 e. The van der Waals surface area contributed by atoms with Crippen LogP contribution in [0.1, 0.15) is 45.1 Å². The summed E-state index contributed by atoms with van der Waals surface area (Å²) in [6.45, 7) is 9.39. The third-order valence-electron chi connectivity index (χ3n) is 2.32. The zero-order chi connectivity index (χ0) is 14.3. The van der Waals surface area contributed by atoms with Gasteiger partial charge in [-0.25, -0.2) is 0 Å². The van der Waals surface area contributed by atoms with Crippen molar-refractivity contribution in [3.05, 3.63) is 30.7 Å². The Morgan fingerprint density at radius 2 is 1.53 bits per heavy atom. The van der Waals surface area contributed by atoms with E-state index >= 15 is 0 Å². The summed E-state index contributed by atoms with van der Waals surface area (Å²) in [4.78, 5) is 23.0. The predicted molar refractivity (Wildman–Crippen MR) is 70.9 cm³/mol. The van der Waals surface area contributed by atoms with E-state index in [0.29, 0.717) is 31.2 Å². The first-order chi connectivity index (χ1) is 9.06. The Morgan fingerprint density at radius 3 is 2.05 bits per heavy atom. The summed E-state index contributed by atoms with van der Waals surface area (Å²) in [5, 5.41) is 0. The Labute approximate surface area is 113 Å². The second-order valence-electron chi connectivity index (χ2n) is 4.15. The highest BCUT2D eigenvalue weighted by molar-refractivity contribution is 5.76. The number of esters is 2. The molecule has 1 aromatic carbocycles. The molecular formula is C15H18O4. The van der Waals surface area contributed by atoms with Gasteiger partial charge in [-0.3, -0.25) is 9.59 Å². The van der Waals surface area contributed by atoms with Crippen molar-refractivity contribution >= 4 is 11.9 Å². The minimum Gasteiger partial charge on any atom is -0.423 e. The van der Waals surface area contributed by atoms with Gasteiger partial charge in [0.2, 0.25) is 0 Å². The van der Waals surface area contributed by atoms with Crippen molar-refractivity contribution in [3.63, 3.8) is 0 Å². The van der Waals surface area contributed by atoms with E-state index in [2.05, 4.69) is 0 Å². The summed E-state index contributed by atoms with van der Waals surface area (Å²) in [5.41, 5.74) is 0.439. The first-order valence-electron chi connectivity index (χ1n) is 6.37. The van der Waals surface area contributed by atoms with Gasteiger partial charge in [-0.1, -0.05) is 19.9 Å². The van der Waals surface area contributed by atoms with E-state index < -0.39 is 0 Å². The Morgan fingerprint density at radius 1 is 1.00 bits per heavy atom. The Bertz CT molecular complexity index is 451. The third kappa shape index (κ3) is 5.12. The van der Waals surface area contributed by atoms with Crippen molar-refractivity contribution in [2.45, 2.75) is 39.5 Å². The maximum absolute atomic E-state index is 11.5.